The van der Waals surface area contributed by atoms with Gasteiger partial charge in [0.2, 0.25) is 0 Å². The zero-order valence-electron chi connectivity index (χ0n) is 10.4. The van der Waals surface area contributed by atoms with Crippen LogP contribution in [0, 0.1) is 17.7 Å². The standard InChI is InChI=1S/C11H6F2N.2CH4O.Ir/c12-8-4-5-9(10(13)7-8)11-3-1-2-6-14-11;2*1-2;/h1-4,6-7H;2*2H,1H3;/q-1;;;. The molecule has 1 aromatic carbocycles. The van der Waals surface area contributed by atoms with Crippen molar-refractivity contribution >= 4 is 0 Å². The molecule has 2 rings (SSSR count). The molecule has 107 valence electrons. The Labute approximate surface area is 124 Å². The van der Waals surface area contributed by atoms with Crippen LogP contribution in [0.3, 0.4) is 0 Å². The minimum absolute atomic E-state index is 0. The zero-order chi connectivity index (χ0) is 14.0. The third kappa shape index (κ3) is 6.50. The van der Waals surface area contributed by atoms with Crippen LogP contribution >= 0.6 is 0 Å². The molecule has 1 heterocycles. The van der Waals surface area contributed by atoms with Crippen LogP contribution in [0.5, 0.6) is 0 Å². The van der Waals surface area contributed by atoms with Crippen molar-refractivity contribution in [3.63, 3.8) is 0 Å². The molecule has 2 N–H and O–H groups in total. The molecule has 0 atom stereocenters. The molecule has 0 aliphatic carbocycles. The van der Waals surface area contributed by atoms with E-state index in [0.717, 1.165) is 26.4 Å². The molecule has 1 aromatic heterocycles. The maximum atomic E-state index is 13.2. The molecule has 1 radical (unpaired) electrons. The first-order valence-corrected chi connectivity index (χ1v) is 4.95. The van der Waals surface area contributed by atoms with E-state index in [1.807, 2.05) is 0 Å². The van der Waals surface area contributed by atoms with E-state index < -0.39 is 11.6 Å². The molecule has 2 aromatic rings. The van der Waals surface area contributed by atoms with Gasteiger partial charge in [-0.05, 0) is 11.8 Å². The molecule has 0 saturated heterocycles. The van der Waals surface area contributed by atoms with E-state index in [9.17, 15) is 8.78 Å². The predicted molar refractivity (Wildman–Crippen MR) is 64.7 cm³/mol. The SMILES string of the molecule is CO.CO.Fc1c[c-]c(-c2ccccn2)c(F)c1.[Ir]. The van der Waals surface area contributed by atoms with Crippen molar-refractivity contribution in [1.29, 1.82) is 0 Å². The maximum absolute atomic E-state index is 13.2. The molecule has 19 heavy (non-hydrogen) atoms. The summed E-state index contributed by atoms with van der Waals surface area (Å²) in [4.78, 5) is 3.95. The molecule has 0 fully saturated rings. The van der Waals surface area contributed by atoms with E-state index >= 15 is 0 Å². The summed E-state index contributed by atoms with van der Waals surface area (Å²) >= 11 is 0. The summed E-state index contributed by atoms with van der Waals surface area (Å²) < 4.78 is 25.8. The molecule has 0 aliphatic rings. The Morgan fingerprint density at radius 3 is 2.21 bits per heavy atom. The van der Waals surface area contributed by atoms with Crippen LogP contribution in [0.25, 0.3) is 11.3 Å². The van der Waals surface area contributed by atoms with Gasteiger partial charge < -0.3 is 15.2 Å². The number of aromatic nitrogens is 1. The molecule has 0 aliphatic heterocycles. The first-order chi connectivity index (χ1) is 8.77. The number of benzene rings is 1. The van der Waals surface area contributed by atoms with Gasteiger partial charge in [-0.2, -0.15) is 0 Å². The van der Waals surface area contributed by atoms with Crippen molar-refractivity contribution in [2.75, 3.05) is 14.2 Å². The van der Waals surface area contributed by atoms with Crippen LogP contribution in [0.4, 0.5) is 8.78 Å². The van der Waals surface area contributed by atoms with Crippen molar-refractivity contribution in [1.82, 2.24) is 4.98 Å². The van der Waals surface area contributed by atoms with E-state index in [1.165, 1.54) is 0 Å². The van der Waals surface area contributed by atoms with Gasteiger partial charge in [0, 0.05) is 52.2 Å². The van der Waals surface area contributed by atoms with Crippen LogP contribution < -0.4 is 0 Å². The monoisotopic (exact) mass is 447 g/mol. The average molecular weight is 446 g/mol. The Morgan fingerprint density at radius 1 is 1.11 bits per heavy atom. The summed E-state index contributed by atoms with van der Waals surface area (Å²) in [5.74, 6) is -1.29. The summed E-state index contributed by atoms with van der Waals surface area (Å²) in [6.45, 7) is 0. The van der Waals surface area contributed by atoms with E-state index in [0.29, 0.717) is 5.69 Å². The summed E-state index contributed by atoms with van der Waals surface area (Å²) in [5.41, 5.74) is 0.636. The van der Waals surface area contributed by atoms with Gasteiger partial charge in [-0.15, -0.1) is 12.1 Å². The zero-order valence-corrected chi connectivity index (χ0v) is 12.8. The molecule has 3 nitrogen and oxygen atoms in total. The van der Waals surface area contributed by atoms with Crippen LogP contribution in [0.15, 0.2) is 36.5 Å². The fourth-order valence-corrected chi connectivity index (χ4v) is 1.15. The van der Waals surface area contributed by atoms with E-state index in [1.54, 1.807) is 24.4 Å². The second-order valence-corrected chi connectivity index (χ2v) is 2.76. The molecule has 0 spiro atoms. The van der Waals surface area contributed by atoms with E-state index in [-0.39, 0.29) is 25.7 Å². The molecule has 0 unspecified atom stereocenters. The molecule has 6 heteroatoms. The number of aliphatic hydroxyl groups excluding tert-OH is 2. The van der Waals surface area contributed by atoms with Crippen molar-refractivity contribution in [2.45, 2.75) is 0 Å². The Balaban J connectivity index is 0. The number of hydrogen-bond donors (Lipinski definition) is 2. The fraction of sp³-hybridized carbons (Fsp3) is 0.154. The number of aliphatic hydroxyl groups is 2. The Bertz CT molecular complexity index is 456. The number of pyridine rings is 1. The molecular weight excluding hydrogens is 432 g/mol. The van der Waals surface area contributed by atoms with Crippen molar-refractivity contribution in [2.24, 2.45) is 0 Å². The van der Waals surface area contributed by atoms with Gasteiger partial charge in [0.25, 0.3) is 0 Å². The minimum Gasteiger partial charge on any atom is -0.400 e. The van der Waals surface area contributed by atoms with Crippen LogP contribution in [-0.4, -0.2) is 29.4 Å². The van der Waals surface area contributed by atoms with E-state index in [4.69, 9.17) is 10.2 Å². The predicted octanol–water partition coefficient (Wildman–Crippen LogP) is 2.04. The summed E-state index contributed by atoms with van der Waals surface area (Å²) in [6, 6.07) is 9.53. The minimum atomic E-state index is -0.649. The quantitative estimate of drug-likeness (QED) is 0.660. The second kappa shape index (κ2) is 11.9. The first-order valence-electron chi connectivity index (χ1n) is 4.95. The van der Waals surface area contributed by atoms with Gasteiger partial charge in [0.15, 0.2) is 0 Å². The van der Waals surface area contributed by atoms with Gasteiger partial charge >= 0.3 is 0 Å². The van der Waals surface area contributed by atoms with Crippen molar-refractivity contribution < 1.29 is 39.1 Å². The first kappa shape index (κ1) is 20.1. The third-order valence-electron chi connectivity index (χ3n) is 1.78. The second-order valence-electron chi connectivity index (χ2n) is 2.76. The topological polar surface area (TPSA) is 53.4 Å². The van der Waals surface area contributed by atoms with Crippen LogP contribution in [-0.2, 0) is 20.1 Å². The average Bonchev–Trinajstić information content (AvgIpc) is 2.44. The Kier molecular flexibility index (Phi) is 12.6. The number of nitrogens with zero attached hydrogens (tertiary/aromatic N) is 1. The van der Waals surface area contributed by atoms with Crippen molar-refractivity contribution in [3.8, 4) is 11.3 Å². The summed E-state index contributed by atoms with van der Waals surface area (Å²) in [6.07, 6.45) is 1.55. The van der Waals surface area contributed by atoms with Crippen molar-refractivity contribution in [3.05, 3.63) is 54.2 Å². The Morgan fingerprint density at radius 2 is 1.74 bits per heavy atom. The van der Waals surface area contributed by atoms with Gasteiger partial charge in [-0.1, -0.05) is 23.8 Å². The van der Waals surface area contributed by atoms with Gasteiger partial charge in [0.1, 0.15) is 0 Å². The molecule has 0 bridgehead atoms. The fourth-order valence-electron chi connectivity index (χ4n) is 1.15. The molecule has 0 amide bonds. The van der Waals surface area contributed by atoms with Gasteiger partial charge in [-0.3, -0.25) is 8.78 Å². The Hall–Kier alpha value is -1.20. The largest absolute Gasteiger partial charge is 0.400 e. The van der Waals surface area contributed by atoms with Gasteiger partial charge in [-0.25, -0.2) is 0 Å². The number of hydrogen-bond acceptors (Lipinski definition) is 3. The molecule has 0 saturated carbocycles. The third-order valence-corrected chi connectivity index (χ3v) is 1.78. The van der Waals surface area contributed by atoms with Crippen LogP contribution in [0.1, 0.15) is 0 Å². The summed E-state index contributed by atoms with van der Waals surface area (Å²) in [5, 5.41) is 14.0. The number of rotatable bonds is 1. The van der Waals surface area contributed by atoms with Gasteiger partial charge in [0.05, 0.1) is 0 Å². The maximum Gasteiger partial charge on any atom is 0.0408 e. The normalized spacial score (nSPS) is 8.11. The van der Waals surface area contributed by atoms with E-state index in [2.05, 4.69) is 11.1 Å². The van der Waals surface area contributed by atoms with Crippen LogP contribution in [0.2, 0.25) is 0 Å². The summed E-state index contributed by atoms with van der Waals surface area (Å²) in [7, 11) is 2.00. The number of halogens is 2. The smallest absolute Gasteiger partial charge is 0.0408 e. The molecular formula is C13H14F2IrNO2-.